The average Bonchev–Trinajstić information content (AvgIpc) is 2.26. The van der Waals surface area contributed by atoms with Crippen molar-refractivity contribution < 1.29 is 24.2 Å². The van der Waals surface area contributed by atoms with E-state index in [9.17, 15) is 9.59 Å². The molecule has 0 aromatic rings. The van der Waals surface area contributed by atoms with Crippen LogP contribution in [0.15, 0.2) is 0 Å². The molecule has 0 bridgehead atoms. The third-order valence-corrected chi connectivity index (χ3v) is 1.86. The Morgan fingerprint density at radius 1 is 1.60 bits per heavy atom. The summed E-state index contributed by atoms with van der Waals surface area (Å²) in [7, 11) is 0. The van der Waals surface area contributed by atoms with Gasteiger partial charge in [-0.05, 0) is 20.8 Å². The maximum Gasteiger partial charge on any atom is 0.335 e. The van der Waals surface area contributed by atoms with E-state index in [2.05, 4.69) is 0 Å². The van der Waals surface area contributed by atoms with Gasteiger partial charge in [0.15, 0.2) is 6.10 Å². The zero-order valence-electron chi connectivity index (χ0n) is 9.15. The molecule has 5 heteroatoms. The van der Waals surface area contributed by atoms with E-state index in [1.807, 2.05) is 0 Å². The van der Waals surface area contributed by atoms with Crippen molar-refractivity contribution in [3.05, 3.63) is 0 Å². The number of aliphatic hydroxyl groups excluding tert-OH is 1. The minimum absolute atomic E-state index is 0.0000694. The summed E-state index contributed by atoms with van der Waals surface area (Å²) in [6.45, 7) is 5.29. The summed E-state index contributed by atoms with van der Waals surface area (Å²) in [5.74, 6) is -1.09. The highest BCUT2D eigenvalue weighted by atomic mass is 16.6. The summed E-state index contributed by atoms with van der Waals surface area (Å²) in [6.07, 6.45) is -1.49. The molecule has 0 radical (unpaired) electrons. The van der Waals surface area contributed by atoms with E-state index >= 15 is 0 Å². The fraction of sp³-hybridized carbons (Fsp3) is 0.800. The zero-order valence-corrected chi connectivity index (χ0v) is 9.15. The van der Waals surface area contributed by atoms with Gasteiger partial charge in [0.25, 0.3) is 0 Å². The second kappa shape index (κ2) is 4.18. The Bertz CT molecular complexity index is 265. The molecule has 0 spiro atoms. The van der Waals surface area contributed by atoms with Gasteiger partial charge in [-0.1, -0.05) is 0 Å². The van der Waals surface area contributed by atoms with Crippen molar-refractivity contribution in [1.82, 2.24) is 0 Å². The molecule has 1 saturated heterocycles. The van der Waals surface area contributed by atoms with Gasteiger partial charge < -0.3 is 14.6 Å². The molecule has 0 aliphatic carbocycles. The average molecular weight is 216 g/mol. The monoisotopic (exact) mass is 216 g/mol. The molecular weight excluding hydrogens is 200 g/mol. The van der Waals surface area contributed by atoms with Crippen molar-refractivity contribution in [2.45, 2.75) is 51.4 Å². The Hall–Kier alpha value is -1.10. The predicted molar refractivity (Wildman–Crippen MR) is 51.0 cm³/mol. The molecule has 0 amide bonds. The molecule has 1 rings (SSSR count). The van der Waals surface area contributed by atoms with E-state index < -0.39 is 29.7 Å². The third-order valence-electron chi connectivity index (χ3n) is 1.86. The van der Waals surface area contributed by atoms with Crippen molar-refractivity contribution in [2.75, 3.05) is 0 Å². The number of ether oxygens (including phenoxy) is 2. The van der Waals surface area contributed by atoms with Crippen molar-refractivity contribution in [1.29, 1.82) is 0 Å². The molecule has 0 unspecified atom stereocenters. The van der Waals surface area contributed by atoms with E-state index in [0.717, 1.165) is 0 Å². The fourth-order valence-electron chi connectivity index (χ4n) is 1.33. The second-order valence-electron chi connectivity index (χ2n) is 4.60. The lowest BCUT2D eigenvalue weighted by molar-refractivity contribution is -0.159. The SMILES string of the molecule is CC(C)(C)OC(=O)C[C@H]1C[C@@H](O)C(=O)O1. The number of esters is 2. The maximum absolute atomic E-state index is 11.3. The molecular formula is C10H16O5. The normalized spacial score (nSPS) is 26.3. The molecule has 5 nitrogen and oxygen atoms in total. The molecule has 1 N–H and O–H groups in total. The van der Waals surface area contributed by atoms with Crippen LogP contribution in [-0.4, -0.2) is 34.9 Å². The Morgan fingerprint density at radius 2 is 2.20 bits per heavy atom. The molecule has 15 heavy (non-hydrogen) atoms. The van der Waals surface area contributed by atoms with E-state index in [1.54, 1.807) is 20.8 Å². The van der Waals surface area contributed by atoms with Crippen LogP contribution in [0.5, 0.6) is 0 Å². The van der Waals surface area contributed by atoms with E-state index in [4.69, 9.17) is 14.6 Å². The van der Waals surface area contributed by atoms with Gasteiger partial charge in [0.1, 0.15) is 11.7 Å². The van der Waals surface area contributed by atoms with Gasteiger partial charge in [-0.2, -0.15) is 0 Å². The molecule has 1 fully saturated rings. The quantitative estimate of drug-likeness (QED) is 0.676. The van der Waals surface area contributed by atoms with Crippen LogP contribution >= 0.6 is 0 Å². The molecule has 1 aliphatic rings. The maximum atomic E-state index is 11.3. The first-order valence-corrected chi connectivity index (χ1v) is 4.88. The fourth-order valence-corrected chi connectivity index (χ4v) is 1.33. The van der Waals surface area contributed by atoms with Gasteiger partial charge in [-0.3, -0.25) is 4.79 Å². The third kappa shape index (κ3) is 3.87. The number of aliphatic hydroxyl groups is 1. The Balaban J connectivity index is 2.37. The molecule has 0 aromatic heterocycles. The Morgan fingerprint density at radius 3 is 2.60 bits per heavy atom. The smallest absolute Gasteiger partial charge is 0.335 e. The van der Waals surface area contributed by atoms with E-state index in [-0.39, 0.29) is 12.8 Å². The highest BCUT2D eigenvalue weighted by Gasteiger charge is 2.34. The van der Waals surface area contributed by atoms with E-state index in [1.165, 1.54) is 0 Å². The summed E-state index contributed by atoms with van der Waals surface area (Å²) in [4.78, 5) is 22.2. The van der Waals surface area contributed by atoms with Crippen LogP contribution < -0.4 is 0 Å². The number of hydrogen-bond acceptors (Lipinski definition) is 5. The Labute approximate surface area is 88.4 Å². The van der Waals surface area contributed by atoms with Gasteiger partial charge in [-0.25, -0.2) is 4.79 Å². The number of carbonyl (C=O) groups is 2. The number of carbonyl (C=O) groups excluding carboxylic acids is 2. The van der Waals surface area contributed by atoms with Crippen molar-refractivity contribution in [3.63, 3.8) is 0 Å². The van der Waals surface area contributed by atoms with Crippen molar-refractivity contribution in [2.24, 2.45) is 0 Å². The number of cyclic esters (lactones) is 1. The van der Waals surface area contributed by atoms with Gasteiger partial charge >= 0.3 is 11.9 Å². The lowest BCUT2D eigenvalue weighted by Gasteiger charge is -2.20. The van der Waals surface area contributed by atoms with E-state index in [0.29, 0.717) is 0 Å². The standard InChI is InChI=1S/C10H16O5/c1-10(2,3)15-8(12)5-6-4-7(11)9(13)14-6/h6-7,11H,4-5H2,1-3H3/t6-,7-/m1/s1. The summed E-state index contributed by atoms with van der Waals surface area (Å²) < 4.78 is 9.83. The van der Waals surface area contributed by atoms with Gasteiger partial charge in [0, 0.05) is 6.42 Å². The second-order valence-corrected chi connectivity index (χ2v) is 4.60. The molecule has 0 aromatic carbocycles. The molecule has 0 saturated carbocycles. The summed E-state index contributed by atoms with van der Waals surface area (Å²) in [6, 6.07) is 0. The first-order chi connectivity index (χ1) is 6.78. The van der Waals surface area contributed by atoms with Crippen LogP contribution in [0.3, 0.4) is 0 Å². The van der Waals surface area contributed by atoms with Crippen LogP contribution in [0, 0.1) is 0 Å². The molecule has 1 aliphatic heterocycles. The number of rotatable bonds is 2. The highest BCUT2D eigenvalue weighted by Crippen LogP contribution is 2.19. The van der Waals surface area contributed by atoms with Crippen LogP contribution in [0.4, 0.5) is 0 Å². The van der Waals surface area contributed by atoms with Crippen LogP contribution in [0.2, 0.25) is 0 Å². The lowest BCUT2D eigenvalue weighted by Crippen LogP contribution is -2.26. The summed E-state index contributed by atoms with van der Waals surface area (Å²) in [5.41, 5.74) is -0.543. The molecule has 86 valence electrons. The Kier molecular flexibility index (Phi) is 3.34. The minimum Gasteiger partial charge on any atom is -0.460 e. The first-order valence-electron chi connectivity index (χ1n) is 4.88. The first kappa shape index (κ1) is 12.0. The lowest BCUT2D eigenvalue weighted by atomic mass is 10.1. The summed E-state index contributed by atoms with van der Waals surface area (Å²) >= 11 is 0. The minimum atomic E-state index is -1.10. The molecule has 1 heterocycles. The highest BCUT2D eigenvalue weighted by molar-refractivity contribution is 5.78. The summed E-state index contributed by atoms with van der Waals surface area (Å²) in [5, 5.41) is 9.09. The van der Waals surface area contributed by atoms with Crippen LogP contribution in [0.25, 0.3) is 0 Å². The zero-order chi connectivity index (χ0) is 11.6. The largest absolute Gasteiger partial charge is 0.460 e. The van der Waals surface area contributed by atoms with Gasteiger partial charge in [0.2, 0.25) is 0 Å². The van der Waals surface area contributed by atoms with Gasteiger partial charge in [-0.15, -0.1) is 0 Å². The van der Waals surface area contributed by atoms with Crippen molar-refractivity contribution >= 4 is 11.9 Å². The van der Waals surface area contributed by atoms with Crippen LogP contribution in [0.1, 0.15) is 33.6 Å². The van der Waals surface area contributed by atoms with Gasteiger partial charge in [0.05, 0.1) is 6.42 Å². The topological polar surface area (TPSA) is 72.8 Å². The number of hydrogen-bond donors (Lipinski definition) is 1. The predicted octanol–water partition coefficient (Wildman–Crippen LogP) is 0.395. The van der Waals surface area contributed by atoms with Crippen LogP contribution in [-0.2, 0) is 19.1 Å². The van der Waals surface area contributed by atoms with Crippen molar-refractivity contribution in [3.8, 4) is 0 Å². The molecule has 2 atom stereocenters.